The van der Waals surface area contributed by atoms with E-state index in [-0.39, 0.29) is 4.90 Å². The summed E-state index contributed by atoms with van der Waals surface area (Å²) in [5.74, 6) is 0.835. The number of anilines is 1. The van der Waals surface area contributed by atoms with E-state index in [1.54, 1.807) is 36.4 Å². The largest absolute Gasteiger partial charge is 0.494 e. The van der Waals surface area contributed by atoms with Crippen LogP contribution in [0.5, 0.6) is 5.75 Å². The van der Waals surface area contributed by atoms with Gasteiger partial charge in [-0.05, 0) is 67.6 Å². The van der Waals surface area contributed by atoms with Gasteiger partial charge in [0.05, 0.1) is 17.6 Å². The number of aryl methyl sites for hydroxylation is 1. The van der Waals surface area contributed by atoms with Crippen LogP contribution in [0, 0.1) is 0 Å². The molecule has 1 atom stereocenters. The summed E-state index contributed by atoms with van der Waals surface area (Å²) in [6, 6.07) is 25.2. The average Bonchev–Trinajstić information content (AvgIpc) is 2.77. The molecule has 6 heteroatoms. The fourth-order valence-corrected chi connectivity index (χ4v) is 4.18. The fraction of sp³-hybridized carbons (Fsp3) is 0.250. The van der Waals surface area contributed by atoms with Crippen molar-refractivity contribution >= 4 is 15.7 Å². The van der Waals surface area contributed by atoms with Gasteiger partial charge in [-0.15, -0.1) is 0 Å². The Morgan fingerprint density at radius 1 is 0.867 bits per heavy atom. The van der Waals surface area contributed by atoms with Crippen molar-refractivity contribution in [1.29, 1.82) is 0 Å². The highest BCUT2D eigenvalue weighted by Crippen LogP contribution is 2.19. The van der Waals surface area contributed by atoms with Crippen molar-refractivity contribution in [3.63, 3.8) is 0 Å². The number of hydrogen-bond acceptors (Lipinski definition) is 4. The number of rotatable bonds is 11. The second-order valence-electron chi connectivity index (χ2n) is 7.12. The van der Waals surface area contributed by atoms with E-state index in [9.17, 15) is 13.5 Å². The van der Waals surface area contributed by atoms with E-state index >= 15 is 0 Å². The molecule has 158 valence electrons. The highest BCUT2D eigenvalue weighted by molar-refractivity contribution is 7.92. The number of hydrogen-bond donors (Lipinski definition) is 2. The van der Waals surface area contributed by atoms with Gasteiger partial charge in [-0.3, -0.25) is 4.72 Å². The smallest absolute Gasteiger partial charge is 0.261 e. The summed E-state index contributed by atoms with van der Waals surface area (Å²) >= 11 is 0. The molecule has 0 heterocycles. The summed E-state index contributed by atoms with van der Waals surface area (Å²) in [5.41, 5.74) is 1.49. The van der Waals surface area contributed by atoms with Gasteiger partial charge in [0.25, 0.3) is 10.0 Å². The Morgan fingerprint density at radius 2 is 1.57 bits per heavy atom. The molecule has 0 aliphatic rings. The van der Waals surface area contributed by atoms with E-state index < -0.39 is 16.1 Å². The van der Waals surface area contributed by atoms with Crippen LogP contribution in [0.4, 0.5) is 5.69 Å². The van der Waals surface area contributed by atoms with Crippen LogP contribution >= 0.6 is 0 Å². The predicted octanol–water partition coefficient (Wildman–Crippen LogP) is 4.64. The molecule has 2 N–H and O–H groups in total. The molecule has 0 saturated carbocycles. The molecule has 3 aromatic carbocycles. The highest BCUT2D eigenvalue weighted by atomic mass is 32.2. The first-order valence-corrected chi connectivity index (χ1v) is 11.5. The van der Waals surface area contributed by atoms with Crippen molar-refractivity contribution in [2.75, 3.05) is 11.3 Å². The van der Waals surface area contributed by atoms with Crippen LogP contribution in [0.15, 0.2) is 89.8 Å². The molecule has 3 aromatic rings. The van der Waals surface area contributed by atoms with E-state index in [0.717, 1.165) is 17.7 Å². The minimum atomic E-state index is -3.61. The Hall–Kier alpha value is -2.83. The lowest BCUT2D eigenvalue weighted by atomic mass is 10.0. The Balaban J connectivity index is 1.44. The van der Waals surface area contributed by atoms with E-state index in [1.165, 1.54) is 0 Å². The molecule has 0 unspecified atom stereocenters. The lowest BCUT2D eigenvalue weighted by molar-refractivity contribution is 0.144. The van der Waals surface area contributed by atoms with Crippen LogP contribution in [-0.4, -0.2) is 26.2 Å². The van der Waals surface area contributed by atoms with Gasteiger partial charge in [-0.2, -0.15) is 0 Å². The van der Waals surface area contributed by atoms with Crippen molar-refractivity contribution in [2.45, 2.75) is 36.7 Å². The summed E-state index contributed by atoms with van der Waals surface area (Å²) in [4.78, 5) is 0.226. The molecule has 0 aliphatic carbocycles. The third-order valence-electron chi connectivity index (χ3n) is 4.69. The van der Waals surface area contributed by atoms with Gasteiger partial charge in [0, 0.05) is 5.69 Å². The molecule has 0 spiro atoms. The van der Waals surface area contributed by atoms with E-state index in [2.05, 4.69) is 4.72 Å². The molecule has 5 nitrogen and oxygen atoms in total. The summed E-state index contributed by atoms with van der Waals surface area (Å²) in [6.07, 6.45) is 2.29. The minimum Gasteiger partial charge on any atom is -0.494 e. The molecule has 0 aliphatic heterocycles. The molecule has 0 amide bonds. The number of sulfonamides is 1. The monoisotopic (exact) mass is 425 g/mol. The van der Waals surface area contributed by atoms with Crippen LogP contribution in [0.2, 0.25) is 0 Å². The van der Waals surface area contributed by atoms with E-state index in [1.807, 2.05) is 48.5 Å². The van der Waals surface area contributed by atoms with E-state index in [0.29, 0.717) is 31.6 Å². The zero-order valence-corrected chi connectivity index (χ0v) is 17.6. The minimum absolute atomic E-state index is 0.226. The summed E-state index contributed by atoms with van der Waals surface area (Å²) in [7, 11) is -3.61. The second-order valence-corrected chi connectivity index (χ2v) is 8.80. The van der Waals surface area contributed by atoms with Crippen LogP contribution < -0.4 is 9.46 Å². The first-order valence-electron chi connectivity index (χ1n) is 10.1. The standard InChI is InChI=1S/C24H27NO4S/c26-22(11-8-18-29-23-12-3-1-4-13-23)17-16-20-9-7-10-21(19-20)25-30(27,28)24-14-5-2-6-15-24/h1-7,9-10,12-15,19,22,25-26H,8,11,16-18H2/t22-/m0/s1. The topological polar surface area (TPSA) is 75.6 Å². The Kier molecular flexibility index (Phi) is 7.88. The van der Waals surface area contributed by atoms with Gasteiger partial charge < -0.3 is 9.84 Å². The molecule has 30 heavy (non-hydrogen) atoms. The van der Waals surface area contributed by atoms with Crippen LogP contribution in [0.25, 0.3) is 0 Å². The van der Waals surface area contributed by atoms with Crippen molar-refractivity contribution in [1.82, 2.24) is 0 Å². The molecule has 0 aromatic heterocycles. The summed E-state index contributed by atoms with van der Waals surface area (Å²) in [5, 5.41) is 10.2. The Bertz CT molecular complexity index is 1010. The number of nitrogens with one attached hydrogen (secondary N) is 1. The number of aliphatic hydroxyl groups excluding tert-OH is 1. The van der Waals surface area contributed by atoms with Crippen molar-refractivity contribution in [2.24, 2.45) is 0 Å². The summed E-state index contributed by atoms with van der Waals surface area (Å²) in [6.45, 7) is 0.567. The molecule has 0 saturated heterocycles. The molecule has 0 fully saturated rings. The molecule has 0 radical (unpaired) electrons. The van der Waals surface area contributed by atoms with Crippen molar-refractivity contribution in [3.8, 4) is 5.75 Å². The number of aliphatic hydroxyl groups is 1. The predicted molar refractivity (Wildman–Crippen MR) is 119 cm³/mol. The molecule has 0 bridgehead atoms. The normalized spacial score (nSPS) is 12.3. The van der Waals surface area contributed by atoms with Gasteiger partial charge in [0.2, 0.25) is 0 Å². The van der Waals surface area contributed by atoms with Gasteiger partial charge >= 0.3 is 0 Å². The maximum atomic E-state index is 12.5. The zero-order valence-electron chi connectivity index (χ0n) is 16.8. The first-order chi connectivity index (χ1) is 14.5. The van der Waals surface area contributed by atoms with Gasteiger partial charge in [0.15, 0.2) is 0 Å². The number of benzene rings is 3. The maximum absolute atomic E-state index is 12.5. The molecular formula is C24H27NO4S. The SMILES string of the molecule is O=S(=O)(Nc1cccc(CC[C@@H](O)CCCOc2ccccc2)c1)c1ccccc1. The third kappa shape index (κ3) is 6.90. The van der Waals surface area contributed by atoms with Crippen LogP contribution in [0.3, 0.4) is 0 Å². The van der Waals surface area contributed by atoms with E-state index in [4.69, 9.17) is 4.74 Å². The quantitative estimate of drug-likeness (QED) is 0.439. The average molecular weight is 426 g/mol. The fourth-order valence-electron chi connectivity index (χ4n) is 3.11. The summed E-state index contributed by atoms with van der Waals surface area (Å²) < 4.78 is 33.2. The molecular weight excluding hydrogens is 398 g/mol. The van der Waals surface area contributed by atoms with Crippen molar-refractivity contribution < 1.29 is 18.3 Å². The first kappa shape index (κ1) is 21.9. The van der Waals surface area contributed by atoms with Crippen molar-refractivity contribution in [3.05, 3.63) is 90.5 Å². The van der Waals surface area contributed by atoms with Crippen LogP contribution in [-0.2, 0) is 16.4 Å². The lowest BCUT2D eigenvalue weighted by Crippen LogP contribution is -2.13. The number of ether oxygens (including phenoxy) is 1. The Morgan fingerprint density at radius 3 is 2.30 bits per heavy atom. The maximum Gasteiger partial charge on any atom is 0.261 e. The zero-order chi connectivity index (χ0) is 21.2. The second kappa shape index (κ2) is 10.8. The third-order valence-corrected chi connectivity index (χ3v) is 6.09. The lowest BCUT2D eigenvalue weighted by Gasteiger charge is -2.12. The van der Waals surface area contributed by atoms with Gasteiger partial charge in [-0.25, -0.2) is 8.42 Å². The highest BCUT2D eigenvalue weighted by Gasteiger charge is 2.13. The Labute approximate surface area is 178 Å². The van der Waals surface area contributed by atoms with Gasteiger partial charge in [0.1, 0.15) is 5.75 Å². The van der Waals surface area contributed by atoms with Crippen LogP contribution in [0.1, 0.15) is 24.8 Å². The number of para-hydroxylation sites is 1. The molecule has 3 rings (SSSR count). The van der Waals surface area contributed by atoms with Gasteiger partial charge in [-0.1, -0.05) is 48.5 Å².